The maximum atomic E-state index is 12.8. The summed E-state index contributed by atoms with van der Waals surface area (Å²) in [6.07, 6.45) is -0.892. The third-order valence-corrected chi connectivity index (χ3v) is 3.83. The third kappa shape index (κ3) is 4.84. The second kappa shape index (κ2) is 7.85. The topological polar surface area (TPSA) is 94.8 Å². The Morgan fingerprint density at radius 3 is 2.12 bits per heavy atom. The van der Waals surface area contributed by atoms with Gasteiger partial charge in [-0.25, -0.2) is 13.6 Å². The van der Waals surface area contributed by atoms with Crippen molar-refractivity contribution in [3.8, 4) is 0 Å². The van der Waals surface area contributed by atoms with Crippen LogP contribution in [0, 0.1) is 17.6 Å². The molecule has 0 amide bonds. The molecule has 3 atom stereocenters. The van der Waals surface area contributed by atoms with Gasteiger partial charge in [0.1, 0.15) is 0 Å². The summed E-state index contributed by atoms with van der Waals surface area (Å²) >= 11 is 0. The number of carbonyl (C=O) groups is 2. The zero-order valence-electron chi connectivity index (χ0n) is 13.0. The van der Waals surface area contributed by atoms with Gasteiger partial charge in [-0.3, -0.25) is 4.79 Å². The number of benzene rings is 2. The van der Waals surface area contributed by atoms with E-state index in [0.29, 0.717) is 17.5 Å². The van der Waals surface area contributed by atoms with Gasteiger partial charge in [0.05, 0.1) is 5.92 Å². The monoisotopic (exact) mass is 350 g/mol. The van der Waals surface area contributed by atoms with Crippen molar-refractivity contribution in [1.29, 1.82) is 0 Å². The molecule has 2 aromatic carbocycles. The third-order valence-electron chi connectivity index (χ3n) is 3.83. The average Bonchev–Trinajstić information content (AvgIpc) is 3.39. The predicted molar refractivity (Wildman–Crippen MR) is 83.9 cm³/mol. The van der Waals surface area contributed by atoms with Crippen molar-refractivity contribution in [1.82, 2.24) is 0 Å². The Balaban J connectivity index is 0.000000186. The minimum absolute atomic E-state index is 0.150. The molecular formula is C18H16F2O5. The lowest BCUT2D eigenvalue weighted by molar-refractivity contribution is -0.147. The van der Waals surface area contributed by atoms with Gasteiger partial charge in [0.2, 0.25) is 0 Å². The molecule has 3 N–H and O–H groups in total. The fourth-order valence-electron chi connectivity index (χ4n) is 2.36. The minimum atomic E-state index is -1.41. The molecule has 0 aromatic heterocycles. The summed E-state index contributed by atoms with van der Waals surface area (Å²) in [5.74, 6) is -4.50. The molecule has 5 nitrogen and oxygen atoms in total. The predicted octanol–water partition coefficient (Wildman–Crippen LogP) is 2.96. The van der Waals surface area contributed by atoms with Crippen LogP contribution in [-0.4, -0.2) is 27.3 Å². The van der Waals surface area contributed by atoms with Crippen molar-refractivity contribution >= 4 is 11.9 Å². The summed E-state index contributed by atoms with van der Waals surface area (Å²) in [5.41, 5.74) is 0.969. The molecule has 7 heteroatoms. The first-order valence-corrected chi connectivity index (χ1v) is 7.44. The van der Waals surface area contributed by atoms with Crippen LogP contribution in [0.2, 0.25) is 0 Å². The van der Waals surface area contributed by atoms with Crippen LogP contribution < -0.4 is 0 Å². The molecule has 1 unspecified atom stereocenters. The zero-order chi connectivity index (χ0) is 18.6. The van der Waals surface area contributed by atoms with Gasteiger partial charge in [-0.2, -0.15) is 0 Å². The molecule has 0 bridgehead atoms. The number of hydrogen-bond donors (Lipinski definition) is 3. The zero-order valence-corrected chi connectivity index (χ0v) is 13.0. The highest BCUT2D eigenvalue weighted by Crippen LogP contribution is 2.47. The first-order chi connectivity index (χ1) is 11.8. The molecule has 3 rings (SSSR count). The maximum absolute atomic E-state index is 12.8. The van der Waals surface area contributed by atoms with E-state index in [4.69, 9.17) is 15.3 Å². The van der Waals surface area contributed by atoms with Crippen molar-refractivity contribution in [3.05, 3.63) is 71.3 Å². The van der Waals surface area contributed by atoms with Gasteiger partial charge in [0.25, 0.3) is 0 Å². The molecule has 0 saturated heterocycles. The molecule has 2 aromatic rings. The van der Waals surface area contributed by atoms with Crippen LogP contribution in [0.15, 0.2) is 48.5 Å². The molecule has 25 heavy (non-hydrogen) atoms. The summed E-state index contributed by atoms with van der Waals surface area (Å²) < 4.78 is 25.3. The lowest BCUT2D eigenvalue weighted by Crippen LogP contribution is -2.09. The Bertz CT molecular complexity index is 763. The van der Waals surface area contributed by atoms with E-state index in [9.17, 15) is 18.4 Å². The standard InChI is InChI=1S/C10H8F2O2.C8H8O3/c11-8-2-1-5(3-9(8)12)6-4-7(6)10(13)14;9-7(8(10)11)6-4-2-1-3-5-6/h1-3,6-7H,4H2,(H,13,14);1-5,7,9H,(H,10,11)/t6-,7-;/m0./s1. The number of carboxylic acid groups (broad SMARTS) is 2. The van der Waals surface area contributed by atoms with Crippen LogP contribution in [0.5, 0.6) is 0 Å². The first-order valence-electron chi connectivity index (χ1n) is 7.44. The molecule has 0 heterocycles. The Hall–Kier alpha value is -2.80. The molecule has 1 aliphatic rings. The summed E-state index contributed by atoms with van der Waals surface area (Å²) in [4.78, 5) is 20.8. The highest BCUT2D eigenvalue weighted by Gasteiger charge is 2.44. The summed E-state index contributed by atoms with van der Waals surface area (Å²) in [6.45, 7) is 0. The van der Waals surface area contributed by atoms with Crippen molar-refractivity contribution in [2.24, 2.45) is 5.92 Å². The van der Waals surface area contributed by atoms with E-state index < -0.39 is 35.6 Å². The Morgan fingerprint density at radius 1 is 1.00 bits per heavy atom. The van der Waals surface area contributed by atoms with Crippen molar-refractivity contribution < 1.29 is 33.7 Å². The van der Waals surface area contributed by atoms with Gasteiger partial charge in [0.15, 0.2) is 17.7 Å². The number of carboxylic acids is 2. The van der Waals surface area contributed by atoms with E-state index in [1.807, 2.05) is 0 Å². The number of aliphatic hydroxyl groups excluding tert-OH is 1. The van der Waals surface area contributed by atoms with E-state index in [1.165, 1.54) is 6.07 Å². The molecular weight excluding hydrogens is 334 g/mol. The molecule has 1 saturated carbocycles. The fourth-order valence-corrected chi connectivity index (χ4v) is 2.36. The van der Waals surface area contributed by atoms with Gasteiger partial charge in [0, 0.05) is 0 Å². The van der Waals surface area contributed by atoms with E-state index in [1.54, 1.807) is 30.3 Å². The molecule has 0 radical (unpaired) electrons. The SMILES string of the molecule is O=C(O)C(O)c1ccccc1.O=C(O)[C@H]1C[C@H]1c1ccc(F)c(F)c1. The average molecular weight is 350 g/mol. The second-order valence-electron chi connectivity index (χ2n) is 5.61. The molecule has 0 aliphatic heterocycles. The number of aliphatic carboxylic acids is 2. The molecule has 1 fully saturated rings. The summed E-state index contributed by atoms with van der Waals surface area (Å²) in [7, 11) is 0. The van der Waals surface area contributed by atoms with Crippen molar-refractivity contribution in [2.45, 2.75) is 18.4 Å². The lowest BCUT2D eigenvalue weighted by Gasteiger charge is -2.03. The second-order valence-corrected chi connectivity index (χ2v) is 5.61. The van der Waals surface area contributed by atoms with Crippen LogP contribution in [0.3, 0.4) is 0 Å². The van der Waals surface area contributed by atoms with Crippen LogP contribution in [0.4, 0.5) is 8.78 Å². The van der Waals surface area contributed by atoms with E-state index in [0.717, 1.165) is 12.1 Å². The van der Waals surface area contributed by atoms with Crippen LogP contribution >= 0.6 is 0 Å². The summed E-state index contributed by atoms with van der Waals surface area (Å²) in [6, 6.07) is 11.8. The highest BCUT2D eigenvalue weighted by molar-refractivity contribution is 5.75. The van der Waals surface area contributed by atoms with E-state index >= 15 is 0 Å². The largest absolute Gasteiger partial charge is 0.481 e. The number of rotatable bonds is 4. The van der Waals surface area contributed by atoms with Gasteiger partial charge < -0.3 is 15.3 Å². The number of aliphatic hydroxyl groups is 1. The highest BCUT2D eigenvalue weighted by atomic mass is 19.2. The van der Waals surface area contributed by atoms with E-state index in [2.05, 4.69) is 0 Å². The van der Waals surface area contributed by atoms with Crippen LogP contribution in [0.1, 0.15) is 29.6 Å². The maximum Gasteiger partial charge on any atom is 0.337 e. The van der Waals surface area contributed by atoms with Gasteiger partial charge in [-0.1, -0.05) is 36.4 Å². The van der Waals surface area contributed by atoms with Crippen LogP contribution in [0.25, 0.3) is 0 Å². The Morgan fingerprint density at radius 2 is 1.64 bits per heavy atom. The van der Waals surface area contributed by atoms with E-state index in [-0.39, 0.29) is 5.92 Å². The molecule has 132 valence electrons. The number of halogens is 2. The Kier molecular flexibility index (Phi) is 5.82. The summed E-state index contributed by atoms with van der Waals surface area (Å²) in [5, 5.41) is 26.0. The van der Waals surface area contributed by atoms with Gasteiger partial charge in [-0.05, 0) is 35.6 Å². The van der Waals surface area contributed by atoms with Crippen molar-refractivity contribution in [3.63, 3.8) is 0 Å². The molecule has 1 aliphatic carbocycles. The van der Waals surface area contributed by atoms with Crippen LogP contribution in [-0.2, 0) is 9.59 Å². The van der Waals surface area contributed by atoms with Gasteiger partial charge in [-0.15, -0.1) is 0 Å². The molecule has 0 spiro atoms. The minimum Gasteiger partial charge on any atom is -0.481 e. The first kappa shape index (κ1) is 18.5. The van der Waals surface area contributed by atoms with Gasteiger partial charge >= 0.3 is 11.9 Å². The Labute approximate surface area is 142 Å². The number of hydrogen-bond acceptors (Lipinski definition) is 3. The fraction of sp³-hybridized carbons (Fsp3) is 0.222. The lowest BCUT2D eigenvalue weighted by atomic mass is 10.1. The quantitative estimate of drug-likeness (QED) is 0.788. The normalized spacial score (nSPS) is 19.3. The van der Waals surface area contributed by atoms with Crippen molar-refractivity contribution in [2.75, 3.05) is 0 Å². The smallest absolute Gasteiger partial charge is 0.337 e.